The Hall–Kier alpha value is -1.66. The van der Waals surface area contributed by atoms with Crippen molar-refractivity contribution in [1.29, 1.82) is 0 Å². The van der Waals surface area contributed by atoms with E-state index in [9.17, 15) is 9.18 Å². The molecule has 1 aromatic carbocycles. The van der Waals surface area contributed by atoms with Crippen molar-refractivity contribution in [1.82, 2.24) is 9.80 Å². The summed E-state index contributed by atoms with van der Waals surface area (Å²) >= 11 is 0. The Morgan fingerprint density at radius 1 is 1.21 bits per heavy atom. The average Bonchev–Trinajstić information content (AvgIpc) is 2.73. The molecule has 0 aliphatic carbocycles. The summed E-state index contributed by atoms with van der Waals surface area (Å²) in [6, 6.07) is 4.77. The second kappa shape index (κ2) is 7.94. The standard InChI is InChI=1S/C18H28FN3O2/c1-18(2,3)24-17(23)22-8-4-7-21(9-10-22)13-14-5-6-16(19)11-15(14)12-20/h5-6,11H,4,7-10,12-13,20H2,1-3H3. The first-order valence-corrected chi connectivity index (χ1v) is 8.46. The Bertz CT molecular complexity index is 572. The van der Waals surface area contributed by atoms with Crippen LogP contribution < -0.4 is 5.73 Å². The molecule has 24 heavy (non-hydrogen) atoms. The van der Waals surface area contributed by atoms with E-state index in [2.05, 4.69) is 4.90 Å². The molecule has 0 atom stereocenters. The van der Waals surface area contributed by atoms with Gasteiger partial charge in [-0.2, -0.15) is 0 Å². The van der Waals surface area contributed by atoms with Crippen molar-refractivity contribution in [3.05, 3.63) is 35.1 Å². The van der Waals surface area contributed by atoms with Gasteiger partial charge in [0, 0.05) is 39.3 Å². The van der Waals surface area contributed by atoms with Gasteiger partial charge in [0.2, 0.25) is 0 Å². The Morgan fingerprint density at radius 2 is 1.96 bits per heavy atom. The molecule has 2 rings (SSSR count). The summed E-state index contributed by atoms with van der Waals surface area (Å²) in [6.45, 7) is 9.64. The molecule has 1 aliphatic rings. The highest BCUT2D eigenvalue weighted by Gasteiger charge is 2.24. The number of amides is 1. The Balaban J connectivity index is 1.95. The van der Waals surface area contributed by atoms with Gasteiger partial charge in [-0.1, -0.05) is 6.07 Å². The highest BCUT2D eigenvalue weighted by molar-refractivity contribution is 5.68. The average molecular weight is 337 g/mol. The molecular formula is C18H28FN3O2. The second-order valence-corrected chi connectivity index (χ2v) is 7.21. The molecule has 0 aromatic heterocycles. The van der Waals surface area contributed by atoms with Crippen LogP contribution in [0.5, 0.6) is 0 Å². The van der Waals surface area contributed by atoms with Crippen LogP contribution in [0.2, 0.25) is 0 Å². The molecule has 1 heterocycles. The van der Waals surface area contributed by atoms with Crippen LogP contribution in [0.4, 0.5) is 9.18 Å². The topological polar surface area (TPSA) is 58.8 Å². The number of benzene rings is 1. The van der Waals surface area contributed by atoms with Gasteiger partial charge in [-0.15, -0.1) is 0 Å². The zero-order valence-electron chi connectivity index (χ0n) is 14.8. The Labute approximate surface area is 143 Å². The summed E-state index contributed by atoms with van der Waals surface area (Å²) in [5.41, 5.74) is 7.12. The van der Waals surface area contributed by atoms with Crippen LogP contribution >= 0.6 is 0 Å². The van der Waals surface area contributed by atoms with Crippen molar-refractivity contribution in [2.24, 2.45) is 5.73 Å². The number of ether oxygens (including phenoxy) is 1. The van der Waals surface area contributed by atoms with Crippen molar-refractivity contribution < 1.29 is 13.9 Å². The minimum absolute atomic E-state index is 0.256. The molecular weight excluding hydrogens is 309 g/mol. The maximum Gasteiger partial charge on any atom is 0.410 e. The SMILES string of the molecule is CC(C)(C)OC(=O)N1CCCN(Cc2ccc(F)cc2CN)CC1. The molecule has 1 amide bonds. The van der Waals surface area contributed by atoms with Gasteiger partial charge in [-0.3, -0.25) is 4.90 Å². The molecule has 1 saturated heterocycles. The van der Waals surface area contributed by atoms with Crippen LogP contribution in [0.25, 0.3) is 0 Å². The Kier molecular flexibility index (Phi) is 6.18. The first-order valence-electron chi connectivity index (χ1n) is 8.46. The monoisotopic (exact) mass is 337 g/mol. The number of nitrogens with two attached hydrogens (primary N) is 1. The number of carbonyl (C=O) groups is 1. The first kappa shape index (κ1) is 18.7. The van der Waals surface area contributed by atoms with Gasteiger partial charge < -0.3 is 15.4 Å². The number of nitrogens with zero attached hydrogens (tertiary/aromatic N) is 2. The molecule has 5 nitrogen and oxygen atoms in total. The molecule has 1 aromatic rings. The highest BCUT2D eigenvalue weighted by atomic mass is 19.1. The lowest BCUT2D eigenvalue weighted by molar-refractivity contribution is 0.0257. The van der Waals surface area contributed by atoms with Crippen LogP contribution in [-0.2, 0) is 17.8 Å². The van der Waals surface area contributed by atoms with Gasteiger partial charge in [0.05, 0.1) is 0 Å². The minimum atomic E-state index is -0.479. The van der Waals surface area contributed by atoms with E-state index in [1.807, 2.05) is 20.8 Å². The lowest BCUT2D eigenvalue weighted by atomic mass is 10.1. The van der Waals surface area contributed by atoms with E-state index >= 15 is 0 Å². The minimum Gasteiger partial charge on any atom is -0.444 e. The van der Waals surface area contributed by atoms with E-state index in [0.717, 1.165) is 37.2 Å². The van der Waals surface area contributed by atoms with E-state index in [1.54, 1.807) is 11.0 Å². The fourth-order valence-corrected chi connectivity index (χ4v) is 2.82. The van der Waals surface area contributed by atoms with Gasteiger partial charge in [0.15, 0.2) is 0 Å². The van der Waals surface area contributed by atoms with E-state index in [0.29, 0.717) is 19.6 Å². The normalized spacial score (nSPS) is 16.8. The first-order chi connectivity index (χ1) is 11.3. The third-order valence-corrected chi connectivity index (χ3v) is 4.02. The second-order valence-electron chi connectivity index (χ2n) is 7.21. The third-order valence-electron chi connectivity index (χ3n) is 4.02. The smallest absolute Gasteiger partial charge is 0.410 e. The molecule has 6 heteroatoms. The van der Waals surface area contributed by atoms with Gasteiger partial charge in [-0.25, -0.2) is 9.18 Å². The largest absolute Gasteiger partial charge is 0.444 e. The van der Waals surface area contributed by atoms with Crippen LogP contribution in [-0.4, -0.2) is 47.7 Å². The van der Waals surface area contributed by atoms with Crippen LogP contribution in [0.1, 0.15) is 38.3 Å². The van der Waals surface area contributed by atoms with E-state index in [1.165, 1.54) is 12.1 Å². The molecule has 0 bridgehead atoms. The maximum absolute atomic E-state index is 13.3. The summed E-state index contributed by atoms with van der Waals surface area (Å²) in [5, 5.41) is 0. The fraction of sp³-hybridized carbons (Fsp3) is 0.611. The lowest BCUT2D eigenvalue weighted by Crippen LogP contribution is -2.39. The van der Waals surface area contributed by atoms with Crippen LogP contribution in [0.3, 0.4) is 0 Å². The molecule has 1 aliphatic heterocycles. The molecule has 0 spiro atoms. The maximum atomic E-state index is 13.3. The number of rotatable bonds is 3. The molecule has 2 N–H and O–H groups in total. The van der Waals surface area contributed by atoms with E-state index < -0.39 is 5.60 Å². The predicted molar refractivity (Wildman–Crippen MR) is 92.0 cm³/mol. The van der Waals surface area contributed by atoms with Crippen LogP contribution in [0.15, 0.2) is 18.2 Å². The molecule has 0 saturated carbocycles. The van der Waals surface area contributed by atoms with Crippen molar-refractivity contribution in [3.63, 3.8) is 0 Å². The molecule has 0 radical (unpaired) electrons. The fourth-order valence-electron chi connectivity index (χ4n) is 2.82. The third kappa shape index (κ3) is 5.46. The molecule has 134 valence electrons. The quantitative estimate of drug-likeness (QED) is 0.921. The summed E-state index contributed by atoms with van der Waals surface area (Å²) in [7, 11) is 0. The highest BCUT2D eigenvalue weighted by Crippen LogP contribution is 2.16. The van der Waals surface area contributed by atoms with Gasteiger partial charge >= 0.3 is 6.09 Å². The lowest BCUT2D eigenvalue weighted by Gasteiger charge is -2.26. The van der Waals surface area contributed by atoms with Crippen molar-refractivity contribution in [2.75, 3.05) is 26.2 Å². The summed E-state index contributed by atoms with van der Waals surface area (Å²) < 4.78 is 18.8. The molecule has 1 fully saturated rings. The van der Waals surface area contributed by atoms with Gasteiger partial charge in [0.1, 0.15) is 11.4 Å². The van der Waals surface area contributed by atoms with Crippen LogP contribution in [0, 0.1) is 5.82 Å². The van der Waals surface area contributed by atoms with Crippen molar-refractivity contribution in [2.45, 2.75) is 45.9 Å². The number of halogens is 1. The zero-order valence-corrected chi connectivity index (χ0v) is 14.8. The zero-order chi connectivity index (χ0) is 17.7. The van der Waals surface area contributed by atoms with Gasteiger partial charge in [0.25, 0.3) is 0 Å². The summed E-state index contributed by atoms with van der Waals surface area (Å²) in [4.78, 5) is 16.2. The molecule has 0 unspecified atom stereocenters. The van der Waals surface area contributed by atoms with Crippen molar-refractivity contribution >= 4 is 6.09 Å². The van der Waals surface area contributed by atoms with E-state index in [-0.39, 0.29) is 11.9 Å². The van der Waals surface area contributed by atoms with Crippen molar-refractivity contribution in [3.8, 4) is 0 Å². The summed E-state index contributed by atoms with van der Waals surface area (Å²) in [5.74, 6) is -0.258. The summed E-state index contributed by atoms with van der Waals surface area (Å²) in [6.07, 6.45) is 0.632. The number of carbonyl (C=O) groups excluding carboxylic acids is 1. The van der Waals surface area contributed by atoms with Gasteiger partial charge in [-0.05, 0) is 50.5 Å². The van der Waals surface area contributed by atoms with E-state index in [4.69, 9.17) is 10.5 Å². The number of hydrogen-bond donors (Lipinski definition) is 1. The number of hydrogen-bond acceptors (Lipinski definition) is 4. The predicted octanol–water partition coefficient (Wildman–Crippen LogP) is 2.73. The Morgan fingerprint density at radius 3 is 2.62 bits per heavy atom.